The van der Waals surface area contributed by atoms with Crippen molar-refractivity contribution in [2.45, 2.75) is 13.0 Å². The van der Waals surface area contributed by atoms with Gasteiger partial charge in [0, 0.05) is 48.2 Å². The molecule has 1 amide bonds. The Hall–Kier alpha value is -3.89. The number of carbonyl (C=O) groups excluding carboxylic acids is 1. The molecule has 0 spiro atoms. The third kappa shape index (κ3) is 3.79. The highest BCUT2D eigenvalue weighted by Crippen LogP contribution is 2.34. The minimum Gasteiger partial charge on any atom is -0.423 e. The predicted molar refractivity (Wildman–Crippen MR) is 128 cm³/mol. The first kappa shape index (κ1) is 21.0. The molecular formula is C23H23BN6O3. The zero-order valence-corrected chi connectivity index (χ0v) is 18.0. The van der Waals surface area contributed by atoms with E-state index in [0.717, 1.165) is 52.2 Å². The van der Waals surface area contributed by atoms with E-state index in [9.17, 15) is 14.8 Å². The number of benzene rings is 2. The number of rotatable bonds is 6. The lowest BCUT2D eigenvalue weighted by molar-refractivity contribution is 0.100. The number of fused-ring (bicyclic) bond motifs is 2. The van der Waals surface area contributed by atoms with Gasteiger partial charge in [-0.1, -0.05) is 36.4 Å². The van der Waals surface area contributed by atoms with Crippen molar-refractivity contribution in [3.8, 4) is 11.5 Å². The molecule has 1 aliphatic heterocycles. The van der Waals surface area contributed by atoms with Crippen molar-refractivity contribution in [3.05, 3.63) is 65.4 Å². The molecule has 2 aromatic heterocycles. The van der Waals surface area contributed by atoms with E-state index in [4.69, 9.17) is 15.7 Å². The number of aryl methyl sites for hydroxylation is 1. The molecule has 9 nitrogen and oxygen atoms in total. The van der Waals surface area contributed by atoms with Crippen LogP contribution in [0.4, 0.5) is 11.6 Å². The monoisotopic (exact) mass is 442 g/mol. The lowest BCUT2D eigenvalue weighted by Gasteiger charge is -2.13. The average molecular weight is 442 g/mol. The Kier molecular flexibility index (Phi) is 5.23. The van der Waals surface area contributed by atoms with E-state index in [1.807, 2.05) is 29.9 Å². The van der Waals surface area contributed by atoms with Gasteiger partial charge in [0.1, 0.15) is 11.6 Å². The van der Waals surface area contributed by atoms with Gasteiger partial charge in [0.25, 0.3) is 0 Å². The summed E-state index contributed by atoms with van der Waals surface area (Å²) >= 11 is 0. The Morgan fingerprint density at radius 3 is 2.82 bits per heavy atom. The second-order valence-electron chi connectivity index (χ2n) is 8.09. The SMILES string of the molecule is Cn1cc2c(C(N)=O)cccc2c1-c1nc2c(c(NCc3cccc(B(O)O)c3)n1)CCN2. The van der Waals surface area contributed by atoms with Gasteiger partial charge in [-0.25, -0.2) is 9.97 Å². The quantitative estimate of drug-likeness (QED) is 0.281. The highest BCUT2D eigenvalue weighted by atomic mass is 16.4. The van der Waals surface area contributed by atoms with Crippen molar-refractivity contribution in [2.24, 2.45) is 12.8 Å². The number of nitrogens with two attached hydrogens (primary N) is 1. The molecule has 0 aliphatic carbocycles. The molecule has 33 heavy (non-hydrogen) atoms. The molecule has 10 heteroatoms. The van der Waals surface area contributed by atoms with Crippen molar-refractivity contribution < 1.29 is 14.8 Å². The molecular weight excluding hydrogens is 419 g/mol. The molecule has 0 bridgehead atoms. The van der Waals surface area contributed by atoms with Gasteiger partial charge in [-0.3, -0.25) is 4.79 Å². The van der Waals surface area contributed by atoms with E-state index >= 15 is 0 Å². The Morgan fingerprint density at radius 2 is 2.03 bits per heavy atom. The fourth-order valence-electron chi connectivity index (χ4n) is 4.33. The van der Waals surface area contributed by atoms with E-state index in [1.165, 1.54) is 0 Å². The van der Waals surface area contributed by atoms with Crippen LogP contribution >= 0.6 is 0 Å². The van der Waals surface area contributed by atoms with E-state index in [0.29, 0.717) is 23.4 Å². The van der Waals surface area contributed by atoms with Crippen LogP contribution in [0.25, 0.3) is 22.3 Å². The summed E-state index contributed by atoms with van der Waals surface area (Å²) in [5, 5.41) is 27.2. The van der Waals surface area contributed by atoms with Crippen LogP contribution in [0, 0.1) is 0 Å². The number of nitrogens with one attached hydrogen (secondary N) is 2. The molecule has 0 fully saturated rings. The third-order valence-corrected chi connectivity index (χ3v) is 5.90. The maximum absolute atomic E-state index is 11.9. The highest BCUT2D eigenvalue weighted by molar-refractivity contribution is 6.58. The molecule has 166 valence electrons. The molecule has 0 atom stereocenters. The van der Waals surface area contributed by atoms with Gasteiger partial charge in [0.05, 0.1) is 5.69 Å². The summed E-state index contributed by atoms with van der Waals surface area (Å²) in [5.74, 6) is 1.55. The number of anilines is 2. The summed E-state index contributed by atoms with van der Waals surface area (Å²) in [7, 11) is 0.378. The van der Waals surface area contributed by atoms with Crippen LogP contribution in [-0.4, -0.2) is 44.2 Å². The molecule has 0 unspecified atom stereocenters. The molecule has 5 rings (SSSR count). The zero-order valence-electron chi connectivity index (χ0n) is 18.0. The Bertz CT molecular complexity index is 1380. The van der Waals surface area contributed by atoms with Crippen LogP contribution in [0.3, 0.4) is 0 Å². The van der Waals surface area contributed by atoms with Crippen LogP contribution in [0.5, 0.6) is 0 Å². The molecule has 1 aliphatic rings. The molecule has 2 aromatic carbocycles. The standard InChI is InChI=1S/C23H23BN6O3/c1-30-12-18-15(6-3-7-16(18)20(25)31)19(30)23-28-21-17(8-9-26-21)22(29-23)27-11-13-4-2-5-14(10-13)24(32)33/h2-7,10,12,32-33H,8-9,11H2,1H3,(H2,25,31)(H2,26,27,28,29). The summed E-state index contributed by atoms with van der Waals surface area (Å²) < 4.78 is 1.91. The Labute approximate surface area is 190 Å². The van der Waals surface area contributed by atoms with E-state index in [2.05, 4.69) is 10.6 Å². The number of hydrogen-bond donors (Lipinski definition) is 5. The fraction of sp³-hybridized carbons (Fsp3) is 0.174. The molecule has 6 N–H and O–H groups in total. The predicted octanol–water partition coefficient (Wildman–Crippen LogP) is 0.994. The topological polar surface area (TPSA) is 138 Å². The van der Waals surface area contributed by atoms with Crippen molar-refractivity contribution in [1.82, 2.24) is 14.5 Å². The number of amides is 1. The largest absolute Gasteiger partial charge is 0.488 e. The van der Waals surface area contributed by atoms with Crippen molar-refractivity contribution in [1.29, 1.82) is 0 Å². The summed E-state index contributed by atoms with van der Waals surface area (Å²) in [6, 6.07) is 12.6. The smallest absolute Gasteiger partial charge is 0.423 e. The van der Waals surface area contributed by atoms with Gasteiger partial charge in [0.15, 0.2) is 5.82 Å². The summed E-state index contributed by atoms with van der Waals surface area (Å²) in [5.41, 5.74) is 9.16. The van der Waals surface area contributed by atoms with Gasteiger partial charge in [0.2, 0.25) is 5.91 Å². The zero-order chi connectivity index (χ0) is 23.1. The van der Waals surface area contributed by atoms with Gasteiger partial charge < -0.3 is 31.0 Å². The number of nitrogens with zero attached hydrogens (tertiary/aromatic N) is 3. The van der Waals surface area contributed by atoms with E-state index in [-0.39, 0.29) is 0 Å². The first-order valence-corrected chi connectivity index (χ1v) is 10.6. The second-order valence-corrected chi connectivity index (χ2v) is 8.09. The Balaban J connectivity index is 1.56. The fourth-order valence-corrected chi connectivity index (χ4v) is 4.33. The maximum atomic E-state index is 11.9. The minimum atomic E-state index is -1.51. The van der Waals surface area contributed by atoms with Crippen molar-refractivity contribution >= 4 is 40.9 Å². The molecule has 0 saturated heterocycles. The van der Waals surface area contributed by atoms with Crippen LogP contribution in [-0.2, 0) is 20.0 Å². The number of carbonyl (C=O) groups is 1. The average Bonchev–Trinajstić information content (AvgIpc) is 3.40. The second kappa shape index (κ2) is 8.23. The van der Waals surface area contributed by atoms with Crippen LogP contribution < -0.4 is 21.8 Å². The number of hydrogen-bond acceptors (Lipinski definition) is 7. The number of primary amides is 1. The van der Waals surface area contributed by atoms with Gasteiger partial charge in [-0.05, 0) is 23.5 Å². The van der Waals surface area contributed by atoms with Crippen LogP contribution in [0.15, 0.2) is 48.7 Å². The van der Waals surface area contributed by atoms with Crippen LogP contribution in [0.2, 0.25) is 0 Å². The minimum absolute atomic E-state index is 0.435. The lowest BCUT2D eigenvalue weighted by atomic mass is 9.79. The number of aromatic nitrogens is 3. The van der Waals surface area contributed by atoms with E-state index < -0.39 is 13.0 Å². The molecule has 3 heterocycles. The normalized spacial score (nSPS) is 12.5. The van der Waals surface area contributed by atoms with Crippen molar-refractivity contribution in [3.63, 3.8) is 0 Å². The highest BCUT2D eigenvalue weighted by Gasteiger charge is 2.23. The summed E-state index contributed by atoms with van der Waals surface area (Å²) in [4.78, 5) is 21.5. The van der Waals surface area contributed by atoms with Gasteiger partial charge >= 0.3 is 7.12 Å². The molecule has 4 aromatic rings. The van der Waals surface area contributed by atoms with Gasteiger partial charge in [-0.15, -0.1) is 0 Å². The van der Waals surface area contributed by atoms with Crippen molar-refractivity contribution in [2.75, 3.05) is 17.2 Å². The van der Waals surface area contributed by atoms with Gasteiger partial charge in [-0.2, -0.15) is 0 Å². The summed E-state index contributed by atoms with van der Waals surface area (Å²) in [6.45, 7) is 1.23. The van der Waals surface area contributed by atoms with Crippen LogP contribution in [0.1, 0.15) is 21.5 Å². The Morgan fingerprint density at radius 1 is 1.21 bits per heavy atom. The lowest BCUT2D eigenvalue weighted by Crippen LogP contribution is -2.30. The third-order valence-electron chi connectivity index (χ3n) is 5.90. The summed E-state index contributed by atoms with van der Waals surface area (Å²) in [6.07, 6.45) is 2.67. The first-order valence-electron chi connectivity index (χ1n) is 10.6. The molecule has 0 radical (unpaired) electrons. The maximum Gasteiger partial charge on any atom is 0.488 e. The molecule has 0 saturated carbocycles. The van der Waals surface area contributed by atoms with E-state index in [1.54, 1.807) is 30.3 Å². The first-order chi connectivity index (χ1) is 15.9.